The van der Waals surface area contributed by atoms with Gasteiger partial charge in [0.25, 0.3) is 10.2 Å². The fourth-order valence-corrected chi connectivity index (χ4v) is 3.21. The van der Waals surface area contributed by atoms with Gasteiger partial charge >= 0.3 is 0 Å². The van der Waals surface area contributed by atoms with Crippen LogP contribution in [0.3, 0.4) is 0 Å². The summed E-state index contributed by atoms with van der Waals surface area (Å²) in [5.41, 5.74) is -0.431. The quantitative estimate of drug-likeness (QED) is 0.868. The zero-order valence-corrected chi connectivity index (χ0v) is 10.3. The van der Waals surface area contributed by atoms with Gasteiger partial charge in [-0.05, 0) is 38.3 Å². The van der Waals surface area contributed by atoms with Gasteiger partial charge in [0, 0.05) is 5.54 Å². The smallest absolute Gasteiger partial charge is 0.268 e. The van der Waals surface area contributed by atoms with Crippen molar-refractivity contribution in [3.63, 3.8) is 0 Å². The van der Waals surface area contributed by atoms with Crippen molar-refractivity contribution in [1.29, 1.82) is 0 Å². The fraction of sp³-hybridized carbons (Fsp3) is 0.455. The lowest BCUT2D eigenvalue weighted by atomic mass is 9.80. The van der Waals surface area contributed by atoms with Gasteiger partial charge in [0.05, 0.1) is 5.69 Å². The first-order valence-corrected chi connectivity index (χ1v) is 6.95. The van der Waals surface area contributed by atoms with E-state index >= 15 is 0 Å². The molecule has 1 fully saturated rings. The van der Waals surface area contributed by atoms with Gasteiger partial charge in [-0.3, -0.25) is 4.72 Å². The molecular formula is C11H15FN2O2S. The Morgan fingerprint density at radius 1 is 1.29 bits per heavy atom. The largest absolute Gasteiger partial charge is 0.299 e. The second kappa shape index (κ2) is 4.27. The molecule has 0 saturated heterocycles. The molecule has 0 aromatic heterocycles. The van der Waals surface area contributed by atoms with E-state index in [9.17, 15) is 12.8 Å². The van der Waals surface area contributed by atoms with Crippen molar-refractivity contribution in [3.8, 4) is 0 Å². The molecule has 0 radical (unpaired) electrons. The maximum absolute atomic E-state index is 13.3. The SMILES string of the molecule is CC1(NS(=O)(=O)Nc2ccccc2F)CCC1. The van der Waals surface area contributed by atoms with E-state index in [2.05, 4.69) is 9.44 Å². The number of hydrogen-bond acceptors (Lipinski definition) is 2. The van der Waals surface area contributed by atoms with E-state index in [1.807, 2.05) is 6.92 Å². The first kappa shape index (κ1) is 12.3. The van der Waals surface area contributed by atoms with Crippen LogP contribution in [0.4, 0.5) is 10.1 Å². The average Bonchev–Trinajstić information content (AvgIpc) is 2.18. The Morgan fingerprint density at radius 2 is 1.94 bits per heavy atom. The number of rotatable bonds is 4. The summed E-state index contributed by atoms with van der Waals surface area (Å²) in [6.07, 6.45) is 2.63. The third-order valence-electron chi connectivity index (χ3n) is 2.96. The highest BCUT2D eigenvalue weighted by molar-refractivity contribution is 7.90. The lowest BCUT2D eigenvalue weighted by molar-refractivity contribution is 0.248. The second-order valence-corrected chi connectivity index (χ2v) is 6.02. The Kier molecular flexibility index (Phi) is 3.09. The molecular weight excluding hydrogens is 243 g/mol. The number of anilines is 1. The molecule has 2 N–H and O–H groups in total. The van der Waals surface area contributed by atoms with E-state index in [1.165, 1.54) is 18.2 Å². The third kappa shape index (κ3) is 2.95. The molecule has 4 nitrogen and oxygen atoms in total. The topological polar surface area (TPSA) is 58.2 Å². The lowest BCUT2D eigenvalue weighted by Gasteiger charge is -2.38. The molecule has 1 aromatic rings. The molecule has 1 saturated carbocycles. The second-order valence-electron chi connectivity index (χ2n) is 4.60. The van der Waals surface area contributed by atoms with Crippen molar-refractivity contribution < 1.29 is 12.8 Å². The average molecular weight is 258 g/mol. The van der Waals surface area contributed by atoms with Crippen molar-refractivity contribution in [2.75, 3.05) is 4.72 Å². The van der Waals surface area contributed by atoms with Gasteiger partial charge in [-0.1, -0.05) is 12.1 Å². The Bertz CT molecular complexity index is 512. The van der Waals surface area contributed by atoms with Gasteiger partial charge in [-0.15, -0.1) is 0 Å². The molecule has 17 heavy (non-hydrogen) atoms. The molecule has 0 bridgehead atoms. The number of hydrogen-bond donors (Lipinski definition) is 2. The highest BCUT2D eigenvalue weighted by atomic mass is 32.2. The van der Waals surface area contributed by atoms with Crippen LogP contribution in [-0.2, 0) is 10.2 Å². The van der Waals surface area contributed by atoms with Crippen molar-refractivity contribution >= 4 is 15.9 Å². The van der Waals surface area contributed by atoms with E-state index in [1.54, 1.807) is 6.07 Å². The van der Waals surface area contributed by atoms with Crippen LogP contribution >= 0.6 is 0 Å². The molecule has 0 aliphatic heterocycles. The van der Waals surface area contributed by atoms with E-state index in [4.69, 9.17) is 0 Å². The molecule has 0 spiro atoms. The molecule has 0 atom stereocenters. The lowest BCUT2D eigenvalue weighted by Crippen LogP contribution is -2.52. The summed E-state index contributed by atoms with van der Waals surface area (Å²) in [5.74, 6) is -0.586. The summed E-state index contributed by atoms with van der Waals surface area (Å²) < 4.78 is 41.6. The molecule has 1 aliphatic carbocycles. The van der Waals surface area contributed by atoms with Crippen LogP contribution in [0, 0.1) is 5.82 Å². The highest BCUT2D eigenvalue weighted by Gasteiger charge is 2.35. The normalized spacial score (nSPS) is 18.5. The van der Waals surface area contributed by atoms with Crippen molar-refractivity contribution in [2.45, 2.75) is 31.7 Å². The monoisotopic (exact) mass is 258 g/mol. The van der Waals surface area contributed by atoms with E-state index in [0.717, 1.165) is 19.3 Å². The van der Waals surface area contributed by atoms with Crippen LogP contribution in [0.25, 0.3) is 0 Å². The van der Waals surface area contributed by atoms with Crippen LogP contribution in [0.2, 0.25) is 0 Å². The van der Waals surface area contributed by atoms with Gasteiger partial charge < -0.3 is 0 Å². The molecule has 1 aromatic carbocycles. The minimum atomic E-state index is -3.72. The Hall–Kier alpha value is -1.14. The van der Waals surface area contributed by atoms with Crippen LogP contribution < -0.4 is 9.44 Å². The summed E-state index contributed by atoms with van der Waals surface area (Å²) >= 11 is 0. The molecule has 1 aliphatic rings. The van der Waals surface area contributed by atoms with Gasteiger partial charge in [0.2, 0.25) is 0 Å². The van der Waals surface area contributed by atoms with Gasteiger partial charge in [-0.2, -0.15) is 13.1 Å². The Balaban J connectivity index is 2.10. The van der Waals surface area contributed by atoms with E-state index in [-0.39, 0.29) is 5.69 Å². The predicted octanol–water partition coefficient (Wildman–Crippen LogP) is 2.01. The van der Waals surface area contributed by atoms with E-state index in [0.29, 0.717) is 0 Å². The summed E-state index contributed by atoms with van der Waals surface area (Å²) in [4.78, 5) is 0. The number of nitrogens with one attached hydrogen (secondary N) is 2. The van der Waals surface area contributed by atoms with E-state index < -0.39 is 21.6 Å². The molecule has 6 heteroatoms. The van der Waals surface area contributed by atoms with Crippen molar-refractivity contribution in [3.05, 3.63) is 30.1 Å². The standard InChI is InChI=1S/C11H15FN2O2S/c1-11(7-4-8-11)14-17(15,16)13-10-6-3-2-5-9(10)12/h2-3,5-6,13-14H,4,7-8H2,1H3. The number of halogens is 1. The maximum atomic E-state index is 13.3. The van der Waals surface area contributed by atoms with Crippen LogP contribution in [0.5, 0.6) is 0 Å². The number of benzene rings is 1. The first-order valence-electron chi connectivity index (χ1n) is 5.47. The van der Waals surface area contributed by atoms with Gasteiger partial charge in [-0.25, -0.2) is 4.39 Å². The third-order valence-corrected chi connectivity index (χ3v) is 4.21. The Morgan fingerprint density at radius 3 is 2.47 bits per heavy atom. The van der Waals surface area contributed by atoms with Crippen molar-refractivity contribution in [2.24, 2.45) is 0 Å². The van der Waals surface area contributed by atoms with Crippen LogP contribution in [0.15, 0.2) is 24.3 Å². The van der Waals surface area contributed by atoms with Crippen LogP contribution in [-0.4, -0.2) is 14.0 Å². The molecule has 0 unspecified atom stereocenters. The zero-order chi connectivity index (χ0) is 12.5. The molecule has 94 valence electrons. The molecule has 0 heterocycles. The molecule has 2 rings (SSSR count). The van der Waals surface area contributed by atoms with Crippen LogP contribution in [0.1, 0.15) is 26.2 Å². The zero-order valence-electron chi connectivity index (χ0n) is 9.53. The van der Waals surface area contributed by atoms with Gasteiger partial charge in [0.1, 0.15) is 5.82 Å². The minimum absolute atomic E-state index is 0.0390. The fourth-order valence-electron chi connectivity index (χ4n) is 1.85. The van der Waals surface area contributed by atoms with Gasteiger partial charge in [0.15, 0.2) is 0 Å². The Labute approximate surface area is 100 Å². The summed E-state index contributed by atoms with van der Waals surface area (Å²) in [6.45, 7) is 1.84. The minimum Gasteiger partial charge on any atom is -0.268 e. The van der Waals surface area contributed by atoms with Crippen molar-refractivity contribution in [1.82, 2.24) is 4.72 Å². The predicted molar refractivity (Wildman–Crippen MR) is 64.3 cm³/mol. The summed E-state index contributed by atoms with van der Waals surface area (Å²) in [5, 5.41) is 0. The highest BCUT2D eigenvalue weighted by Crippen LogP contribution is 2.31. The maximum Gasteiger partial charge on any atom is 0.299 e. The first-order chi connectivity index (χ1) is 7.90. The summed E-state index contributed by atoms with van der Waals surface area (Å²) in [7, 11) is -3.72. The summed E-state index contributed by atoms with van der Waals surface area (Å²) in [6, 6.07) is 5.68. The molecule has 0 amide bonds. The number of para-hydroxylation sites is 1.